The van der Waals surface area contributed by atoms with Crippen LogP contribution in [0, 0.1) is 0 Å². The highest BCUT2D eigenvalue weighted by molar-refractivity contribution is 6.07. The van der Waals surface area contributed by atoms with E-state index in [9.17, 15) is 14.4 Å². The van der Waals surface area contributed by atoms with Gasteiger partial charge in [0.25, 0.3) is 0 Å². The van der Waals surface area contributed by atoms with E-state index in [-0.39, 0.29) is 24.3 Å². The van der Waals surface area contributed by atoms with Gasteiger partial charge >= 0.3 is 6.09 Å². The largest absolute Gasteiger partial charge is 0.444 e. The van der Waals surface area contributed by atoms with Crippen molar-refractivity contribution in [3.63, 3.8) is 0 Å². The van der Waals surface area contributed by atoms with Gasteiger partial charge in [0, 0.05) is 44.0 Å². The topological polar surface area (TPSA) is 110 Å². The van der Waals surface area contributed by atoms with Crippen molar-refractivity contribution in [1.82, 2.24) is 24.8 Å². The molecule has 40 heavy (non-hydrogen) atoms. The molecule has 1 aromatic carbocycles. The van der Waals surface area contributed by atoms with Gasteiger partial charge in [-0.3, -0.25) is 19.2 Å². The van der Waals surface area contributed by atoms with Gasteiger partial charge in [-0.2, -0.15) is 0 Å². The molecule has 0 unspecified atom stereocenters. The van der Waals surface area contributed by atoms with Gasteiger partial charge in [0.1, 0.15) is 11.3 Å². The van der Waals surface area contributed by atoms with E-state index in [1.54, 1.807) is 35.2 Å². The lowest BCUT2D eigenvalue weighted by Gasteiger charge is -2.35. The van der Waals surface area contributed by atoms with Gasteiger partial charge in [0.2, 0.25) is 5.91 Å². The predicted molar refractivity (Wildman–Crippen MR) is 156 cm³/mol. The molecule has 10 heteroatoms. The summed E-state index contributed by atoms with van der Waals surface area (Å²) in [6.07, 6.45) is 12.0. The minimum atomic E-state index is -0.529. The van der Waals surface area contributed by atoms with Crippen LogP contribution >= 0.6 is 0 Å². The highest BCUT2D eigenvalue weighted by atomic mass is 16.6. The molecule has 2 aromatic rings. The molecule has 1 aliphatic rings. The molecule has 1 aliphatic heterocycles. The number of nitrogens with zero attached hydrogens (tertiary/aromatic N) is 5. The maximum Gasteiger partial charge on any atom is 0.410 e. The van der Waals surface area contributed by atoms with E-state index in [2.05, 4.69) is 22.6 Å². The summed E-state index contributed by atoms with van der Waals surface area (Å²) < 4.78 is 7.24. The van der Waals surface area contributed by atoms with E-state index in [4.69, 9.17) is 4.74 Å². The molecule has 1 fully saturated rings. The minimum Gasteiger partial charge on any atom is -0.444 e. The number of hydrogen-bond donors (Lipinski definition) is 1. The van der Waals surface area contributed by atoms with E-state index in [1.807, 2.05) is 36.5 Å². The molecule has 2 amide bonds. The van der Waals surface area contributed by atoms with Gasteiger partial charge in [0.05, 0.1) is 12.7 Å². The van der Waals surface area contributed by atoms with Crippen molar-refractivity contribution in [2.75, 3.05) is 38.0 Å². The molecule has 0 radical (unpaired) electrons. The molecule has 0 aliphatic carbocycles. The molecule has 2 heterocycles. The third-order valence-electron chi connectivity index (χ3n) is 6.55. The number of ketones is 1. The van der Waals surface area contributed by atoms with Crippen molar-refractivity contribution >= 4 is 29.5 Å². The number of nitrogens with one attached hydrogen (secondary N) is 1. The summed E-state index contributed by atoms with van der Waals surface area (Å²) in [5.41, 5.74) is 1.26. The number of aromatic nitrogens is 3. The monoisotopic (exact) mass is 552 g/mol. The maximum absolute atomic E-state index is 12.6. The zero-order chi connectivity index (χ0) is 29.0. The zero-order valence-electron chi connectivity index (χ0n) is 24.4. The second-order valence-corrected chi connectivity index (χ2v) is 11.2. The molecule has 0 bridgehead atoms. The average molecular weight is 553 g/mol. The number of allylic oxidation sites excluding steroid dienone is 1. The number of amides is 2. The van der Waals surface area contributed by atoms with Crippen molar-refractivity contribution in [2.45, 2.75) is 78.4 Å². The molecule has 1 aromatic heterocycles. The number of hydrogen-bond acceptors (Lipinski definition) is 7. The Kier molecular flexibility index (Phi) is 11.9. The van der Waals surface area contributed by atoms with E-state index < -0.39 is 5.60 Å². The Labute approximate surface area is 237 Å². The van der Waals surface area contributed by atoms with Crippen molar-refractivity contribution in [2.24, 2.45) is 0 Å². The highest BCUT2D eigenvalue weighted by Crippen LogP contribution is 2.14. The second kappa shape index (κ2) is 15.3. The second-order valence-electron chi connectivity index (χ2n) is 11.2. The molecule has 10 nitrogen and oxygen atoms in total. The first-order chi connectivity index (χ1) is 19.1. The standard InChI is InChI=1S/C30H44N6O4/c1-5-6-7-8-9-10-17-36-22-26(32-33-36)15-16-27(37)24-11-13-25(14-12-24)31-28(38)23-34-18-20-35(21-19-34)29(39)40-30(2,3)4/h11-16,22H,5-10,17-21,23H2,1-4H3,(H,31,38)/b16-15+. The number of anilines is 1. The molecule has 0 saturated carbocycles. The highest BCUT2D eigenvalue weighted by Gasteiger charge is 2.26. The first-order valence-electron chi connectivity index (χ1n) is 14.4. The fourth-order valence-electron chi connectivity index (χ4n) is 4.35. The molecular formula is C30H44N6O4. The van der Waals surface area contributed by atoms with Crippen LogP contribution in [0.2, 0.25) is 0 Å². The van der Waals surface area contributed by atoms with E-state index in [1.165, 1.54) is 38.2 Å². The lowest BCUT2D eigenvalue weighted by molar-refractivity contribution is -0.117. The first kappa shape index (κ1) is 31.0. The van der Waals surface area contributed by atoms with Gasteiger partial charge in [-0.05, 0) is 63.6 Å². The lowest BCUT2D eigenvalue weighted by Crippen LogP contribution is -2.51. The molecule has 0 spiro atoms. The quantitative estimate of drug-likeness (QED) is 0.211. The summed E-state index contributed by atoms with van der Waals surface area (Å²) >= 11 is 0. The van der Waals surface area contributed by atoms with Crippen LogP contribution in [0.1, 0.15) is 82.3 Å². The lowest BCUT2D eigenvalue weighted by atomic mass is 10.1. The number of carbonyl (C=O) groups is 3. The first-order valence-corrected chi connectivity index (χ1v) is 14.4. The summed E-state index contributed by atoms with van der Waals surface area (Å²) in [7, 11) is 0. The maximum atomic E-state index is 12.6. The molecular weight excluding hydrogens is 508 g/mol. The summed E-state index contributed by atoms with van der Waals surface area (Å²) in [5.74, 6) is -0.292. The summed E-state index contributed by atoms with van der Waals surface area (Å²) in [5, 5.41) is 11.1. The smallest absolute Gasteiger partial charge is 0.410 e. The van der Waals surface area contributed by atoms with Crippen LogP contribution in [0.15, 0.2) is 36.5 Å². The SMILES string of the molecule is CCCCCCCCn1cc(/C=C/C(=O)c2ccc(NC(=O)CN3CCN(C(=O)OC(C)(C)C)CC3)cc2)nn1. The van der Waals surface area contributed by atoms with Crippen LogP contribution in [0.5, 0.6) is 0 Å². The van der Waals surface area contributed by atoms with Crippen molar-refractivity contribution in [3.05, 3.63) is 47.8 Å². The number of aryl methyl sites for hydroxylation is 1. The van der Waals surface area contributed by atoms with Gasteiger partial charge < -0.3 is 15.0 Å². The predicted octanol–water partition coefficient (Wildman–Crippen LogP) is 5.03. The van der Waals surface area contributed by atoms with Crippen LogP contribution in [-0.2, 0) is 16.1 Å². The Balaban J connectivity index is 1.38. The van der Waals surface area contributed by atoms with Crippen molar-refractivity contribution in [3.8, 4) is 0 Å². The Morgan fingerprint density at radius 3 is 2.33 bits per heavy atom. The molecule has 0 atom stereocenters. The van der Waals surface area contributed by atoms with Gasteiger partial charge in [0.15, 0.2) is 5.78 Å². The Bertz CT molecular complexity index is 1130. The van der Waals surface area contributed by atoms with Crippen LogP contribution in [0.3, 0.4) is 0 Å². The number of piperazine rings is 1. The normalized spacial score (nSPS) is 14.4. The fourth-order valence-corrected chi connectivity index (χ4v) is 4.35. The fraction of sp³-hybridized carbons (Fsp3) is 0.567. The van der Waals surface area contributed by atoms with Crippen LogP contribution < -0.4 is 5.32 Å². The van der Waals surface area contributed by atoms with Crippen molar-refractivity contribution in [1.29, 1.82) is 0 Å². The number of unbranched alkanes of at least 4 members (excludes halogenated alkanes) is 5. The minimum absolute atomic E-state index is 0.145. The Morgan fingerprint density at radius 2 is 1.65 bits per heavy atom. The number of rotatable bonds is 13. The van der Waals surface area contributed by atoms with E-state index >= 15 is 0 Å². The van der Waals surface area contributed by atoms with Crippen LogP contribution in [-0.4, -0.2) is 80.9 Å². The summed E-state index contributed by atoms with van der Waals surface area (Å²) in [4.78, 5) is 41.0. The van der Waals surface area contributed by atoms with Gasteiger partial charge in [-0.25, -0.2) is 4.79 Å². The number of ether oxygens (including phenoxy) is 1. The third-order valence-corrected chi connectivity index (χ3v) is 6.55. The van der Waals surface area contributed by atoms with E-state index in [0.29, 0.717) is 43.1 Å². The van der Waals surface area contributed by atoms with Gasteiger partial charge in [-0.1, -0.05) is 44.2 Å². The van der Waals surface area contributed by atoms with Crippen LogP contribution in [0.25, 0.3) is 6.08 Å². The molecule has 3 rings (SSSR count). The van der Waals surface area contributed by atoms with Crippen molar-refractivity contribution < 1.29 is 19.1 Å². The Hall–Kier alpha value is -3.53. The number of benzene rings is 1. The van der Waals surface area contributed by atoms with Gasteiger partial charge in [-0.15, -0.1) is 5.10 Å². The molecule has 1 saturated heterocycles. The third kappa shape index (κ3) is 10.9. The average Bonchev–Trinajstić information content (AvgIpc) is 3.37. The number of carbonyl (C=O) groups excluding carboxylic acids is 3. The molecule has 1 N–H and O–H groups in total. The Morgan fingerprint density at radius 1 is 0.975 bits per heavy atom. The van der Waals surface area contributed by atoms with Crippen LogP contribution in [0.4, 0.5) is 10.5 Å². The molecule has 218 valence electrons. The zero-order valence-corrected chi connectivity index (χ0v) is 24.4. The van der Waals surface area contributed by atoms with E-state index in [0.717, 1.165) is 13.0 Å². The summed E-state index contributed by atoms with van der Waals surface area (Å²) in [6.45, 7) is 11.0. The summed E-state index contributed by atoms with van der Waals surface area (Å²) in [6, 6.07) is 6.82.